The fourth-order valence-corrected chi connectivity index (χ4v) is 2.40. The number of ether oxygens (including phenoxy) is 1. The van der Waals surface area contributed by atoms with E-state index in [1.165, 1.54) is 7.11 Å². The molecule has 11 heteroatoms. The van der Waals surface area contributed by atoms with Crippen LogP contribution in [-0.2, 0) is 16.1 Å². The molecule has 0 spiro atoms. The Balaban J connectivity index is 2.18. The van der Waals surface area contributed by atoms with Gasteiger partial charge in [0.1, 0.15) is 16.8 Å². The first-order valence-electron chi connectivity index (χ1n) is 5.93. The molecule has 0 radical (unpaired) electrons. The molecule has 118 valence electrons. The van der Waals surface area contributed by atoms with Crippen molar-refractivity contribution in [3.8, 4) is 0 Å². The van der Waals surface area contributed by atoms with Gasteiger partial charge < -0.3 is 14.1 Å². The fourth-order valence-electron chi connectivity index (χ4n) is 1.47. The normalized spacial score (nSPS) is 10.7. The summed E-state index contributed by atoms with van der Waals surface area (Å²) in [5, 5.41) is 7.60. The highest BCUT2D eigenvalue weighted by Crippen LogP contribution is 2.16. The molecular weight excluding hydrogens is 380 g/mol. The van der Waals surface area contributed by atoms with Crippen molar-refractivity contribution in [1.29, 1.82) is 0 Å². The molecule has 22 heavy (non-hydrogen) atoms. The van der Waals surface area contributed by atoms with Gasteiger partial charge in [0.15, 0.2) is 0 Å². The van der Waals surface area contributed by atoms with E-state index >= 15 is 0 Å². The number of halogens is 1. The van der Waals surface area contributed by atoms with Gasteiger partial charge in [-0.1, -0.05) is 11.8 Å². The number of thioether (sulfide) groups is 1. The van der Waals surface area contributed by atoms with Crippen molar-refractivity contribution >= 4 is 33.7 Å². The van der Waals surface area contributed by atoms with E-state index in [0.717, 1.165) is 16.3 Å². The molecule has 0 bridgehead atoms. The van der Waals surface area contributed by atoms with Crippen molar-refractivity contribution in [2.45, 2.75) is 18.7 Å². The molecule has 0 aliphatic rings. The van der Waals surface area contributed by atoms with E-state index in [4.69, 9.17) is 4.42 Å². The zero-order valence-electron chi connectivity index (χ0n) is 11.6. The Bertz CT molecular complexity index is 812. The Morgan fingerprint density at radius 3 is 2.86 bits per heavy atom. The van der Waals surface area contributed by atoms with Crippen LogP contribution in [-0.4, -0.2) is 38.6 Å². The molecule has 0 fully saturated rings. The number of carbonyl (C=O) groups excluding carboxylic acids is 1. The molecule has 0 saturated carbocycles. The molecule has 2 aromatic heterocycles. The number of methoxy groups -OCH3 is 1. The van der Waals surface area contributed by atoms with Crippen molar-refractivity contribution in [3.63, 3.8) is 0 Å². The van der Waals surface area contributed by atoms with Gasteiger partial charge in [-0.3, -0.25) is 9.59 Å². The highest BCUT2D eigenvalue weighted by Gasteiger charge is 2.14. The van der Waals surface area contributed by atoms with Gasteiger partial charge in [-0.2, -0.15) is 0 Å². The summed E-state index contributed by atoms with van der Waals surface area (Å²) in [4.78, 5) is 37.4. The number of carbonyl (C=O) groups is 1. The molecule has 2 aromatic rings. The van der Waals surface area contributed by atoms with Crippen molar-refractivity contribution in [2.75, 3.05) is 12.9 Å². The molecular formula is C11H11BrN4O5S. The fraction of sp³-hybridized carbons (Fsp3) is 0.364. The Labute approximate surface area is 136 Å². The predicted molar refractivity (Wildman–Crippen MR) is 79.9 cm³/mol. The highest BCUT2D eigenvalue weighted by atomic mass is 79.9. The first-order valence-corrected chi connectivity index (χ1v) is 7.71. The number of H-pyrrole nitrogens is 1. The van der Waals surface area contributed by atoms with Crippen LogP contribution in [0.1, 0.15) is 11.6 Å². The number of rotatable bonds is 5. The Morgan fingerprint density at radius 1 is 1.45 bits per heavy atom. The number of nitrogens with one attached hydrogen (secondary N) is 1. The number of hydrogen-bond donors (Lipinski definition) is 1. The van der Waals surface area contributed by atoms with Crippen molar-refractivity contribution in [1.82, 2.24) is 19.7 Å². The number of aryl methyl sites for hydroxylation is 1. The van der Waals surface area contributed by atoms with Gasteiger partial charge in [-0.15, -0.1) is 10.2 Å². The lowest BCUT2D eigenvalue weighted by atomic mass is 10.4. The lowest BCUT2D eigenvalue weighted by molar-refractivity contribution is -0.137. The second kappa shape index (κ2) is 6.92. The van der Waals surface area contributed by atoms with Gasteiger partial charge in [0.2, 0.25) is 5.89 Å². The van der Waals surface area contributed by atoms with Gasteiger partial charge in [-0.25, -0.2) is 9.36 Å². The van der Waals surface area contributed by atoms with Crippen molar-refractivity contribution in [3.05, 3.63) is 36.9 Å². The molecule has 2 heterocycles. The molecule has 0 aliphatic heterocycles. The Hall–Kier alpha value is -1.88. The summed E-state index contributed by atoms with van der Waals surface area (Å²) in [5.41, 5.74) is -0.637. The van der Waals surface area contributed by atoms with Gasteiger partial charge in [0, 0.05) is 5.69 Å². The molecule has 0 amide bonds. The number of aromatic amines is 1. The third-order valence-corrected chi connectivity index (χ3v) is 4.31. The molecule has 0 unspecified atom stereocenters. The lowest BCUT2D eigenvalue weighted by Crippen LogP contribution is -2.36. The van der Waals surface area contributed by atoms with Gasteiger partial charge in [0.25, 0.3) is 10.8 Å². The van der Waals surface area contributed by atoms with Crippen molar-refractivity contribution < 1.29 is 13.9 Å². The number of esters is 1. The molecule has 1 N–H and O–H groups in total. The summed E-state index contributed by atoms with van der Waals surface area (Å²) in [7, 11) is 1.27. The molecule has 0 atom stereocenters. The minimum atomic E-state index is -0.576. The third-order valence-electron chi connectivity index (χ3n) is 2.58. The predicted octanol–water partition coefficient (Wildman–Crippen LogP) is 0.304. The van der Waals surface area contributed by atoms with Crippen LogP contribution in [0.2, 0.25) is 0 Å². The van der Waals surface area contributed by atoms with E-state index in [9.17, 15) is 14.4 Å². The van der Waals surface area contributed by atoms with E-state index < -0.39 is 17.2 Å². The number of hydrogen-bond acceptors (Lipinski definition) is 8. The first kappa shape index (κ1) is 16.5. The zero-order chi connectivity index (χ0) is 16.3. The van der Waals surface area contributed by atoms with E-state index in [-0.39, 0.29) is 27.9 Å². The maximum atomic E-state index is 12.0. The SMILES string of the molecule is COC(=O)CSc1nnc(Cn2c(=O)[nH]c(C)c(Br)c2=O)o1. The van der Waals surface area contributed by atoms with Crippen LogP contribution in [0.4, 0.5) is 0 Å². The average Bonchev–Trinajstić information content (AvgIpc) is 2.94. The molecule has 2 rings (SSSR count). The van der Waals surface area contributed by atoms with Crippen LogP contribution >= 0.6 is 27.7 Å². The maximum Gasteiger partial charge on any atom is 0.329 e. The summed E-state index contributed by atoms with van der Waals surface area (Å²) >= 11 is 4.11. The second-order valence-electron chi connectivity index (χ2n) is 4.09. The minimum absolute atomic E-state index is 0.0226. The number of nitrogens with zero attached hydrogens (tertiary/aromatic N) is 3. The quantitative estimate of drug-likeness (QED) is 0.571. The monoisotopic (exact) mass is 390 g/mol. The van der Waals surface area contributed by atoms with Crippen LogP contribution in [0, 0.1) is 6.92 Å². The summed E-state index contributed by atoms with van der Waals surface area (Å²) in [6, 6.07) is 0. The topological polar surface area (TPSA) is 120 Å². The van der Waals surface area contributed by atoms with E-state index in [0.29, 0.717) is 5.69 Å². The summed E-state index contributed by atoms with van der Waals surface area (Å²) in [5.74, 6) is -0.329. The first-order chi connectivity index (χ1) is 10.4. The molecule has 9 nitrogen and oxygen atoms in total. The highest BCUT2D eigenvalue weighted by molar-refractivity contribution is 9.10. The minimum Gasteiger partial charge on any atom is -0.468 e. The summed E-state index contributed by atoms with van der Waals surface area (Å²) < 4.78 is 10.9. The van der Waals surface area contributed by atoms with Crippen LogP contribution < -0.4 is 11.2 Å². The van der Waals surface area contributed by atoms with Crippen LogP contribution in [0.25, 0.3) is 0 Å². The van der Waals surface area contributed by atoms with Gasteiger partial charge in [-0.05, 0) is 22.9 Å². The van der Waals surface area contributed by atoms with Gasteiger partial charge >= 0.3 is 11.7 Å². The van der Waals surface area contributed by atoms with Crippen LogP contribution in [0.15, 0.2) is 23.7 Å². The van der Waals surface area contributed by atoms with E-state index in [2.05, 4.69) is 35.8 Å². The smallest absolute Gasteiger partial charge is 0.329 e. The molecule has 0 aromatic carbocycles. The summed E-state index contributed by atoms with van der Waals surface area (Å²) in [6.07, 6.45) is 0. The zero-order valence-corrected chi connectivity index (χ0v) is 14.0. The maximum absolute atomic E-state index is 12.0. The van der Waals surface area contributed by atoms with Gasteiger partial charge in [0.05, 0.1) is 7.11 Å². The van der Waals surface area contributed by atoms with Crippen molar-refractivity contribution in [2.24, 2.45) is 0 Å². The van der Waals surface area contributed by atoms with E-state index in [1.807, 2.05) is 0 Å². The second-order valence-corrected chi connectivity index (χ2v) is 5.81. The molecule has 0 saturated heterocycles. The van der Waals surface area contributed by atoms with Crippen LogP contribution in [0.5, 0.6) is 0 Å². The molecule has 0 aliphatic carbocycles. The average molecular weight is 391 g/mol. The Morgan fingerprint density at radius 2 is 2.18 bits per heavy atom. The largest absolute Gasteiger partial charge is 0.468 e. The lowest BCUT2D eigenvalue weighted by Gasteiger charge is -2.03. The Kier molecular flexibility index (Phi) is 5.19. The number of aromatic nitrogens is 4. The van der Waals surface area contributed by atoms with E-state index in [1.54, 1.807) is 6.92 Å². The third kappa shape index (κ3) is 3.65. The standard InChI is InChI=1S/C11H11BrN4O5S/c1-5-8(12)9(18)16(10(19)13-5)3-6-14-15-11(21-6)22-4-7(17)20-2/h3-4H2,1-2H3,(H,13,19). The van der Waals surface area contributed by atoms with Crippen LogP contribution in [0.3, 0.4) is 0 Å². The summed E-state index contributed by atoms with van der Waals surface area (Å²) in [6.45, 7) is 1.43.